The molecule has 1 aromatic heterocycles. The summed E-state index contributed by atoms with van der Waals surface area (Å²) in [7, 11) is -3.10. The van der Waals surface area contributed by atoms with Gasteiger partial charge in [0.15, 0.2) is 15.0 Å². The van der Waals surface area contributed by atoms with Crippen LogP contribution in [0.3, 0.4) is 0 Å². The highest BCUT2D eigenvalue weighted by molar-refractivity contribution is 7.99. The number of hydrogen-bond donors (Lipinski definition) is 0. The molecular weight excluding hydrogens is 388 g/mol. The molecule has 1 aromatic carbocycles. The SMILES string of the molecule is CC(C)Cn1c(SCC(=O)O[C@H]2CCS(=O)(=O)C2)nc2ccccc2c1=O. The minimum Gasteiger partial charge on any atom is -0.461 e. The number of ether oxygens (including phenoxy) is 1. The predicted molar refractivity (Wildman–Crippen MR) is 105 cm³/mol. The van der Waals surface area contributed by atoms with E-state index in [0.29, 0.717) is 29.0 Å². The second-order valence-corrected chi connectivity index (χ2v) is 10.2. The van der Waals surface area contributed by atoms with Gasteiger partial charge in [0.1, 0.15) is 6.10 Å². The summed E-state index contributed by atoms with van der Waals surface area (Å²) in [6, 6.07) is 7.11. The Hall–Kier alpha value is -1.87. The molecule has 2 aromatic rings. The van der Waals surface area contributed by atoms with Gasteiger partial charge in [0.2, 0.25) is 0 Å². The number of rotatable bonds is 6. The molecule has 0 radical (unpaired) electrons. The van der Waals surface area contributed by atoms with Crippen LogP contribution >= 0.6 is 11.8 Å². The lowest BCUT2D eigenvalue weighted by molar-refractivity contribution is -0.144. The lowest BCUT2D eigenvalue weighted by atomic mass is 10.2. The number of carbonyl (C=O) groups excluding carboxylic acids is 1. The first-order valence-corrected chi connectivity index (χ1v) is 11.6. The van der Waals surface area contributed by atoms with Crippen LogP contribution in [0.4, 0.5) is 0 Å². The Morgan fingerprint density at radius 3 is 2.78 bits per heavy atom. The van der Waals surface area contributed by atoms with E-state index in [4.69, 9.17) is 4.74 Å². The molecule has 0 bridgehead atoms. The minimum absolute atomic E-state index is 0.0284. The molecule has 0 amide bonds. The lowest BCUT2D eigenvalue weighted by Gasteiger charge is -2.15. The molecule has 0 N–H and O–H groups in total. The molecule has 0 saturated carbocycles. The van der Waals surface area contributed by atoms with Gasteiger partial charge in [-0.2, -0.15) is 0 Å². The summed E-state index contributed by atoms with van der Waals surface area (Å²) in [5.41, 5.74) is 0.451. The van der Waals surface area contributed by atoms with Gasteiger partial charge in [0.05, 0.1) is 28.2 Å². The summed E-state index contributed by atoms with van der Waals surface area (Å²) in [5, 5.41) is 1.00. The first-order valence-electron chi connectivity index (χ1n) is 8.77. The Kier molecular flexibility index (Phi) is 5.90. The number of benzene rings is 1. The molecule has 1 aliphatic heterocycles. The van der Waals surface area contributed by atoms with E-state index >= 15 is 0 Å². The summed E-state index contributed by atoms with van der Waals surface area (Å²) in [5.74, 6) is -0.353. The van der Waals surface area contributed by atoms with Gasteiger partial charge in [-0.1, -0.05) is 37.7 Å². The Bertz CT molecular complexity index is 1010. The molecule has 1 aliphatic rings. The van der Waals surface area contributed by atoms with Gasteiger partial charge in [0, 0.05) is 6.54 Å². The Morgan fingerprint density at radius 2 is 2.11 bits per heavy atom. The van der Waals surface area contributed by atoms with Crippen molar-refractivity contribution in [2.24, 2.45) is 5.92 Å². The zero-order chi connectivity index (χ0) is 19.6. The number of esters is 1. The van der Waals surface area contributed by atoms with E-state index in [-0.39, 0.29) is 28.7 Å². The van der Waals surface area contributed by atoms with Crippen molar-refractivity contribution < 1.29 is 17.9 Å². The lowest BCUT2D eigenvalue weighted by Crippen LogP contribution is -2.26. The van der Waals surface area contributed by atoms with E-state index < -0.39 is 21.9 Å². The topological polar surface area (TPSA) is 95.3 Å². The van der Waals surface area contributed by atoms with Crippen LogP contribution in [0.15, 0.2) is 34.2 Å². The highest BCUT2D eigenvalue weighted by atomic mass is 32.2. The number of fused-ring (bicyclic) bond motifs is 1. The number of para-hydroxylation sites is 1. The fraction of sp³-hybridized carbons (Fsp3) is 0.500. The average Bonchev–Trinajstić information content (AvgIpc) is 2.94. The zero-order valence-corrected chi connectivity index (χ0v) is 16.9. The number of nitrogens with zero attached hydrogens (tertiary/aromatic N) is 2. The summed E-state index contributed by atoms with van der Waals surface area (Å²) in [6.45, 7) is 4.50. The molecular formula is C18H22N2O5S2. The quantitative estimate of drug-likeness (QED) is 0.407. The van der Waals surface area contributed by atoms with Crippen LogP contribution in [-0.4, -0.2) is 47.3 Å². The van der Waals surface area contributed by atoms with Crippen molar-refractivity contribution in [2.75, 3.05) is 17.3 Å². The van der Waals surface area contributed by atoms with Crippen molar-refractivity contribution in [1.82, 2.24) is 9.55 Å². The van der Waals surface area contributed by atoms with Crippen molar-refractivity contribution in [3.8, 4) is 0 Å². The van der Waals surface area contributed by atoms with E-state index in [1.807, 2.05) is 19.9 Å². The second-order valence-electron chi connectivity index (χ2n) is 7.02. The third kappa shape index (κ3) is 4.90. The van der Waals surface area contributed by atoms with E-state index in [1.54, 1.807) is 22.8 Å². The molecule has 0 spiro atoms. The van der Waals surface area contributed by atoms with Crippen LogP contribution in [0.1, 0.15) is 20.3 Å². The van der Waals surface area contributed by atoms with Crippen LogP contribution in [0.25, 0.3) is 10.9 Å². The minimum atomic E-state index is -3.10. The van der Waals surface area contributed by atoms with Gasteiger partial charge >= 0.3 is 5.97 Å². The van der Waals surface area contributed by atoms with E-state index in [2.05, 4.69) is 4.98 Å². The maximum absolute atomic E-state index is 12.8. The van der Waals surface area contributed by atoms with Gasteiger partial charge in [-0.3, -0.25) is 14.2 Å². The smallest absolute Gasteiger partial charge is 0.316 e. The number of sulfone groups is 1. The van der Waals surface area contributed by atoms with Gasteiger partial charge in [0.25, 0.3) is 5.56 Å². The molecule has 0 aliphatic carbocycles. The summed E-state index contributed by atoms with van der Waals surface area (Å²) in [4.78, 5) is 29.5. The largest absolute Gasteiger partial charge is 0.461 e. The molecule has 1 saturated heterocycles. The standard InChI is InChI=1S/C18H22N2O5S2/c1-12(2)9-20-17(22)14-5-3-4-6-15(14)19-18(20)26-10-16(21)25-13-7-8-27(23,24)11-13/h3-6,12-13H,7-11H2,1-2H3/t13-/m0/s1. The zero-order valence-electron chi connectivity index (χ0n) is 15.3. The number of carbonyl (C=O) groups is 1. The Balaban J connectivity index is 1.77. The van der Waals surface area contributed by atoms with Gasteiger partial charge in [-0.15, -0.1) is 0 Å². The van der Waals surface area contributed by atoms with Crippen LogP contribution in [-0.2, 0) is 25.9 Å². The van der Waals surface area contributed by atoms with Crippen LogP contribution in [0, 0.1) is 5.92 Å². The van der Waals surface area contributed by atoms with E-state index in [0.717, 1.165) is 11.8 Å². The molecule has 2 heterocycles. The maximum atomic E-state index is 12.8. The highest BCUT2D eigenvalue weighted by Crippen LogP contribution is 2.21. The number of thioether (sulfide) groups is 1. The third-order valence-electron chi connectivity index (χ3n) is 4.18. The monoisotopic (exact) mass is 410 g/mol. The maximum Gasteiger partial charge on any atom is 0.316 e. The van der Waals surface area contributed by atoms with Crippen LogP contribution in [0.5, 0.6) is 0 Å². The number of hydrogen-bond acceptors (Lipinski definition) is 7. The molecule has 1 fully saturated rings. The normalized spacial score (nSPS) is 18.9. The van der Waals surface area contributed by atoms with Crippen LogP contribution < -0.4 is 5.56 Å². The third-order valence-corrected chi connectivity index (χ3v) is 6.87. The van der Waals surface area contributed by atoms with Crippen LogP contribution in [0.2, 0.25) is 0 Å². The molecule has 0 unspecified atom stereocenters. The van der Waals surface area contributed by atoms with Crippen molar-refractivity contribution in [1.29, 1.82) is 0 Å². The second kappa shape index (κ2) is 8.02. The summed E-state index contributed by atoms with van der Waals surface area (Å²) < 4.78 is 29.8. The fourth-order valence-corrected chi connectivity index (χ4v) is 5.36. The van der Waals surface area contributed by atoms with Gasteiger partial charge in [-0.25, -0.2) is 13.4 Å². The van der Waals surface area contributed by atoms with Crippen molar-refractivity contribution >= 4 is 38.5 Å². The molecule has 27 heavy (non-hydrogen) atoms. The first kappa shape index (κ1) is 19.9. The molecule has 7 nitrogen and oxygen atoms in total. The summed E-state index contributed by atoms with van der Waals surface area (Å²) in [6.07, 6.45) is -0.240. The highest BCUT2D eigenvalue weighted by Gasteiger charge is 2.30. The van der Waals surface area contributed by atoms with Gasteiger partial charge < -0.3 is 4.74 Å². The predicted octanol–water partition coefficient (Wildman–Crippen LogP) is 1.87. The average molecular weight is 411 g/mol. The molecule has 9 heteroatoms. The Morgan fingerprint density at radius 1 is 1.37 bits per heavy atom. The fourth-order valence-electron chi connectivity index (χ4n) is 2.98. The van der Waals surface area contributed by atoms with Crippen molar-refractivity contribution in [2.45, 2.75) is 38.1 Å². The molecule has 146 valence electrons. The van der Waals surface area contributed by atoms with E-state index in [1.165, 1.54) is 0 Å². The van der Waals surface area contributed by atoms with Gasteiger partial charge in [-0.05, 0) is 24.5 Å². The summed E-state index contributed by atoms with van der Waals surface area (Å²) >= 11 is 1.14. The van der Waals surface area contributed by atoms with Crippen molar-refractivity contribution in [3.05, 3.63) is 34.6 Å². The van der Waals surface area contributed by atoms with Crippen molar-refractivity contribution in [3.63, 3.8) is 0 Å². The molecule has 3 rings (SSSR count). The first-order chi connectivity index (χ1) is 12.7. The van der Waals surface area contributed by atoms with E-state index in [9.17, 15) is 18.0 Å². The molecule has 1 atom stereocenters. The Labute approximate surface area is 162 Å². The number of aromatic nitrogens is 2.